The fraction of sp³-hybridized carbons (Fsp3) is 0.526. The number of hydrogen-bond acceptors (Lipinski definition) is 6. The van der Waals surface area contributed by atoms with Crippen molar-refractivity contribution in [3.05, 3.63) is 41.0 Å². The van der Waals surface area contributed by atoms with Crippen LogP contribution in [0.3, 0.4) is 0 Å². The predicted octanol–water partition coefficient (Wildman–Crippen LogP) is 4.53. The molecule has 2 aromatic rings. The lowest BCUT2D eigenvalue weighted by atomic mass is 10.0. The molecule has 0 saturated heterocycles. The largest absolute Gasteiger partial charge is 0.376 e. The number of anilines is 2. The summed E-state index contributed by atoms with van der Waals surface area (Å²) in [4.78, 5) is 4.46. The summed E-state index contributed by atoms with van der Waals surface area (Å²) >= 11 is 6.12. The number of halogens is 1. The van der Waals surface area contributed by atoms with Crippen LogP contribution in [0.25, 0.3) is 0 Å². The van der Waals surface area contributed by atoms with Gasteiger partial charge in [0.15, 0.2) is 11.0 Å². The fourth-order valence-electron chi connectivity index (χ4n) is 2.24. The molecule has 1 heterocycles. The number of benzene rings is 1. The van der Waals surface area contributed by atoms with Crippen molar-refractivity contribution in [2.24, 2.45) is 0 Å². The van der Waals surface area contributed by atoms with Gasteiger partial charge in [-0.05, 0) is 46.6 Å². The first-order valence-electron chi connectivity index (χ1n) is 8.75. The summed E-state index contributed by atoms with van der Waals surface area (Å²) in [6.45, 7) is 11.5. The van der Waals surface area contributed by atoms with E-state index in [0.29, 0.717) is 24.9 Å². The number of nitrogens with zero attached hydrogens (tertiary/aromatic N) is 3. The first-order valence-corrected chi connectivity index (χ1v) is 9.13. The predicted molar refractivity (Wildman–Crippen MR) is 107 cm³/mol. The van der Waals surface area contributed by atoms with E-state index in [1.807, 2.05) is 51.1 Å². The van der Waals surface area contributed by atoms with Gasteiger partial charge in [0.1, 0.15) is 0 Å². The van der Waals surface area contributed by atoms with E-state index >= 15 is 0 Å². The summed E-state index contributed by atoms with van der Waals surface area (Å²) in [5.74, 6) is 0.945. The van der Waals surface area contributed by atoms with Gasteiger partial charge < -0.3 is 15.4 Å². The molecule has 1 aromatic carbocycles. The molecule has 0 bridgehead atoms. The number of aromatic nitrogens is 3. The van der Waals surface area contributed by atoms with E-state index in [9.17, 15) is 0 Å². The maximum atomic E-state index is 6.12. The second kappa shape index (κ2) is 8.64. The topological polar surface area (TPSA) is 72.0 Å². The highest BCUT2D eigenvalue weighted by molar-refractivity contribution is 6.31. The van der Waals surface area contributed by atoms with Crippen LogP contribution in [0.4, 0.5) is 11.8 Å². The SMILES string of the molecule is CC(C)(CCOC(C)(C)C)Nc1nnc(Cl)c(NCc2ccccc2)n1. The van der Waals surface area contributed by atoms with E-state index in [0.717, 1.165) is 12.0 Å². The van der Waals surface area contributed by atoms with Crippen LogP contribution in [0.2, 0.25) is 5.15 Å². The summed E-state index contributed by atoms with van der Waals surface area (Å²) in [6, 6.07) is 10.0. The van der Waals surface area contributed by atoms with Gasteiger partial charge in [-0.1, -0.05) is 41.9 Å². The van der Waals surface area contributed by atoms with Crippen molar-refractivity contribution in [2.75, 3.05) is 17.2 Å². The minimum Gasteiger partial charge on any atom is -0.376 e. The van der Waals surface area contributed by atoms with Crippen LogP contribution < -0.4 is 10.6 Å². The molecule has 142 valence electrons. The zero-order chi connectivity index (χ0) is 19.2. The quantitative estimate of drug-likeness (QED) is 0.704. The Morgan fingerprint density at radius 3 is 2.38 bits per heavy atom. The summed E-state index contributed by atoms with van der Waals surface area (Å²) in [6.07, 6.45) is 0.809. The Hall–Kier alpha value is -1.92. The lowest BCUT2D eigenvalue weighted by Gasteiger charge is -2.28. The Labute approximate surface area is 160 Å². The molecule has 2 rings (SSSR count). The van der Waals surface area contributed by atoms with Crippen LogP contribution in [-0.4, -0.2) is 32.9 Å². The molecular formula is C19H28ClN5O. The van der Waals surface area contributed by atoms with Gasteiger partial charge >= 0.3 is 0 Å². The first-order chi connectivity index (χ1) is 12.1. The number of hydrogen-bond donors (Lipinski definition) is 2. The zero-order valence-corrected chi connectivity index (χ0v) is 16.9. The van der Waals surface area contributed by atoms with E-state index in [1.54, 1.807) is 0 Å². The third-order valence-electron chi connectivity index (χ3n) is 3.66. The normalized spacial score (nSPS) is 12.1. The molecule has 2 N–H and O–H groups in total. The van der Waals surface area contributed by atoms with E-state index in [2.05, 4.69) is 39.7 Å². The average molecular weight is 378 g/mol. The molecule has 0 aliphatic heterocycles. The van der Waals surface area contributed by atoms with Crippen molar-refractivity contribution in [3.63, 3.8) is 0 Å². The van der Waals surface area contributed by atoms with Crippen LogP contribution in [0.5, 0.6) is 0 Å². The molecule has 0 spiro atoms. The second-order valence-corrected chi connectivity index (χ2v) is 8.19. The molecule has 0 aliphatic rings. The van der Waals surface area contributed by atoms with Crippen molar-refractivity contribution in [2.45, 2.75) is 58.7 Å². The van der Waals surface area contributed by atoms with E-state index < -0.39 is 0 Å². The highest BCUT2D eigenvalue weighted by Gasteiger charge is 2.21. The molecule has 0 aliphatic carbocycles. The first kappa shape index (κ1) is 20.4. The maximum Gasteiger partial charge on any atom is 0.245 e. The van der Waals surface area contributed by atoms with E-state index in [1.165, 1.54) is 0 Å². The standard InChI is InChI=1S/C19H28ClN5O/c1-18(2,3)26-12-11-19(4,5)23-17-22-16(15(20)24-25-17)21-13-14-9-7-6-8-10-14/h6-10H,11-13H2,1-5H3,(H2,21,22,23,25). The Balaban J connectivity index is 1.97. The molecule has 1 aromatic heterocycles. The fourth-order valence-corrected chi connectivity index (χ4v) is 2.38. The lowest BCUT2D eigenvalue weighted by Crippen LogP contribution is -2.34. The zero-order valence-electron chi connectivity index (χ0n) is 16.1. The Morgan fingerprint density at radius 1 is 1.04 bits per heavy atom. The van der Waals surface area contributed by atoms with Crippen molar-refractivity contribution in [1.82, 2.24) is 15.2 Å². The maximum absolute atomic E-state index is 6.12. The average Bonchev–Trinajstić information content (AvgIpc) is 2.54. The summed E-state index contributed by atoms with van der Waals surface area (Å²) < 4.78 is 5.80. The van der Waals surface area contributed by atoms with Crippen LogP contribution in [0.1, 0.15) is 46.6 Å². The third-order valence-corrected chi connectivity index (χ3v) is 3.92. The molecule has 0 amide bonds. The summed E-state index contributed by atoms with van der Waals surface area (Å²) in [5, 5.41) is 14.8. The van der Waals surface area contributed by atoms with Gasteiger partial charge in [0.05, 0.1) is 5.60 Å². The van der Waals surface area contributed by atoms with Crippen molar-refractivity contribution in [3.8, 4) is 0 Å². The summed E-state index contributed by atoms with van der Waals surface area (Å²) in [7, 11) is 0. The molecule has 6 nitrogen and oxygen atoms in total. The van der Waals surface area contributed by atoms with E-state index in [4.69, 9.17) is 16.3 Å². The molecule has 0 saturated carbocycles. The minimum absolute atomic E-state index is 0.150. The lowest BCUT2D eigenvalue weighted by molar-refractivity contribution is -0.00849. The summed E-state index contributed by atoms with van der Waals surface area (Å²) in [5.41, 5.74) is 0.747. The molecule has 0 radical (unpaired) electrons. The van der Waals surface area contributed by atoms with Gasteiger partial charge in [0.25, 0.3) is 0 Å². The van der Waals surface area contributed by atoms with Crippen LogP contribution in [0.15, 0.2) is 30.3 Å². The molecule has 0 atom stereocenters. The van der Waals surface area contributed by atoms with Gasteiger partial charge in [0.2, 0.25) is 5.95 Å². The van der Waals surface area contributed by atoms with Gasteiger partial charge in [-0.25, -0.2) is 0 Å². The second-order valence-electron chi connectivity index (χ2n) is 7.83. The molecule has 0 fully saturated rings. The smallest absolute Gasteiger partial charge is 0.245 e. The number of nitrogens with one attached hydrogen (secondary N) is 2. The highest BCUT2D eigenvalue weighted by Crippen LogP contribution is 2.21. The Kier molecular flexibility index (Phi) is 6.78. The van der Waals surface area contributed by atoms with Crippen molar-refractivity contribution in [1.29, 1.82) is 0 Å². The third kappa shape index (κ3) is 7.14. The van der Waals surface area contributed by atoms with Gasteiger partial charge in [-0.3, -0.25) is 0 Å². The molecule has 26 heavy (non-hydrogen) atoms. The van der Waals surface area contributed by atoms with Crippen molar-refractivity contribution >= 4 is 23.4 Å². The Bertz CT molecular complexity index is 701. The monoisotopic (exact) mass is 377 g/mol. The number of rotatable bonds is 8. The molecule has 0 unspecified atom stereocenters. The van der Waals surface area contributed by atoms with E-state index in [-0.39, 0.29) is 16.3 Å². The molecule has 7 heteroatoms. The minimum atomic E-state index is -0.239. The van der Waals surface area contributed by atoms with Gasteiger partial charge in [-0.2, -0.15) is 4.98 Å². The number of ether oxygens (including phenoxy) is 1. The van der Waals surface area contributed by atoms with Gasteiger partial charge in [-0.15, -0.1) is 10.2 Å². The van der Waals surface area contributed by atoms with Crippen molar-refractivity contribution < 1.29 is 4.74 Å². The van der Waals surface area contributed by atoms with Gasteiger partial charge in [0, 0.05) is 18.7 Å². The Morgan fingerprint density at radius 2 is 1.73 bits per heavy atom. The highest BCUT2D eigenvalue weighted by atomic mass is 35.5. The molecular weight excluding hydrogens is 350 g/mol. The van der Waals surface area contributed by atoms with Crippen LogP contribution in [-0.2, 0) is 11.3 Å². The van der Waals surface area contributed by atoms with Crippen LogP contribution in [0, 0.1) is 0 Å². The van der Waals surface area contributed by atoms with Crippen LogP contribution >= 0.6 is 11.6 Å².